The van der Waals surface area contributed by atoms with Gasteiger partial charge in [0.2, 0.25) is 0 Å². The van der Waals surface area contributed by atoms with Crippen LogP contribution in [0.15, 0.2) is 36.4 Å². The molecule has 0 bridgehead atoms. The topological polar surface area (TPSA) is 28.4 Å². The maximum Gasteiger partial charge on any atom is 0.0845 e. The van der Waals surface area contributed by atoms with E-state index in [1.165, 1.54) is 28.9 Å². The first-order valence-corrected chi connectivity index (χ1v) is 10.5. The Morgan fingerprint density at radius 1 is 0.958 bits per heavy atom. The minimum Gasteiger partial charge on any atom is -0.390 e. The van der Waals surface area contributed by atoms with E-state index in [1.54, 1.807) is 0 Å². The van der Waals surface area contributed by atoms with Crippen LogP contribution in [0.3, 0.4) is 0 Å². The van der Waals surface area contributed by atoms with E-state index in [2.05, 4.69) is 105 Å². The molecule has 1 N–H and O–H groups in total. The SMILES string of the molecule is CCN(CC)CC(O)Cn1c2ccc(I)cc2c2cc(I)ccc21. The highest BCUT2D eigenvalue weighted by Gasteiger charge is 2.16. The molecule has 0 saturated heterocycles. The number of nitrogens with zero attached hydrogens (tertiary/aromatic N) is 2. The molecule has 2 aromatic carbocycles. The molecule has 5 heteroatoms. The largest absolute Gasteiger partial charge is 0.390 e. The number of aromatic nitrogens is 1. The van der Waals surface area contributed by atoms with E-state index >= 15 is 0 Å². The third-order valence-corrected chi connectivity index (χ3v) is 5.89. The number of benzene rings is 2. The van der Waals surface area contributed by atoms with Crippen molar-refractivity contribution in [2.24, 2.45) is 0 Å². The molecule has 0 aliphatic carbocycles. The highest BCUT2D eigenvalue weighted by atomic mass is 127. The van der Waals surface area contributed by atoms with Crippen LogP contribution in [0.4, 0.5) is 0 Å². The van der Waals surface area contributed by atoms with Crippen LogP contribution in [0.5, 0.6) is 0 Å². The summed E-state index contributed by atoms with van der Waals surface area (Å²) in [6.45, 7) is 7.55. The number of aliphatic hydroxyl groups is 1. The lowest BCUT2D eigenvalue weighted by Gasteiger charge is -2.22. The fraction of sp³-hybridized carbons (Fsp3) is 0.368. The average Bonchev–Trinajstić information content (AvgIpc) is 2.85. The summed E-state index contributed by atoms with van der Waals surface area (Å²) in [4.78, 5) is 2.27. The first-order chi connectivity index (χ1) is 11.5. The summed E-state index contributed by atoms with van der Waals surface area (Å²) in [6, 6.07) is 13.1. The van der Waals surface area contributed by atoms with Gasteiger partial charge in [0.05, 0.1) is 12.6 Å². The van der Waals surface area contributed by atoms with Crippen molar-refractivity contribution in [3.05, 3.63) is 43.5 Å². The van der Waals surface area contributed by atoms with Crippen molar-refractivity contribution in [3.8, 4) is 0 Å². The minimum atomic E-state index is -0.373. The molecule has 3 aromatic rings. The fourth-order valence-electron chi connectivity index (χ4n) is 3.29. The Labute approximate surface area is 170 Å². The number of hydrogen-bond acceptors (Lipinski definition) is 2. The van der Waals surface area contributed by atoms with Gasteiger partial charge in [-0.1, -0.05) is 13.8 Å². The second kappa shape index (κ2) is 7.88. The van der Waals surface area contributed by atoms with Gasteiger partial charge < -0.3 is 14.6 Å². The Kier molecular flexibility index (Phi) is 6.05. The predicted molar refractivity (Wildman–Crippen MR) is 119 cm³/mol. The summed E-state index contributed by atoms with van der Waals surface area (Å²) in [5, 5.41) is 13.2. The van der Waals surface area contributed by atoms with Gasteiger partial charge in [-0.2, -0.15) is 0 Å². The Morgan fingerprint density at radius 2 is 1.46 bits per heavy atom. The van der Waals surface area contributed by atoms with Crippen LogP contribution < -0.4 is 0 Å². The van der Waals surface area contributed by atoms with Gasteiger partial charge >= 0.3 is 0 Å². The van der Waals surface area contributed by atoms with Crippen molar-refractivity contribution in [2.75, 3.05) is 19.6 Å². The van der Waals surface area contributed by atoms with Crippen LogP contribution in [0.25, 0.3) is 21.8 Å². The molecule has 0 aliphatic heterocycles. The third-order valence-electron chi connectivity index (χ3n) is 4.55. The molecule has 1 heterocycles. The highest BCUT2D eigenvalue weighted by molar-refractivity contribution is 14.1. The van der Waals surface area contributed by atoms with Crippen LogP contribution in [-0.4, -0.2) is 40.3 Å². The highest BCUT2D eigenvalue weighted by Crippen LogP contribution is 2.31. The van der Waals surface area contributed by atoms with Gasteiger partial charge in [0.25, 0.3) is 0 Å². The van der Waals surface area contributed by atoms with E-state index in [-0.39, 0.29) is 6.10 Å². The quantitative estimate of drug-likeness (QED) is 0.453. The molecule has 3 rings (SSSR count). The lowest BCUT2D eigenvalue weighted by atomic mass is 10.2. The minimum absolute atomic E-state index is 0.373. The number of hydrogen-bond donors (Lipinski definition) is 1. The van der Waals surface area contributed by atoms with Gasteiger partial charge in [0, 0.05) is 35.5 Å². The number of likely N-dealkylation sites (N-methyl/N-ethyl adjacent to an activating group) is 1. The molecule has 0 radical (unpaired) electrons. The van der Waals surface area contributed by atoms with Gasteiger partial charge in [-0.05, 0) is 94.7 Å². The third kappa shape index (κ3) is 3.73. The van der Waals surface area contributed by atoms with Crippen LogP contribution in [-0.2, 0) is 6.54 Å². The van der Waals surface area contributed by atoms with E-state index in [0.717, 1.165) is 13.1 Å². The summed E-state index contributed by atoms with van der Waals surface area (Å²) < 4.78 is 4.74. The molecule has 1 atom stereocenters. The summed E-state index contributed by atoms with van der Waals surface area (Å²) in [5.41, 5.74) is 2.40. The fourth-order valence-corrected chi connectivity index (χ4v) is 4.28. The molecule has 0 spiro atoms. The molecule has 3 nitrogen and oxygen atoms in total. The van der Waals surface area contributed by atoms with Gasteiger partial charge in [-0.15, -0.1) is 0 Å². The zero-order valence-corrected chi connectivity index (χ0v) is 18.3. The molecular weight excluding hydrogens is 526 g/mol. The van der Waals surface area contributed by atoms with E-state index in [4.69, 9.17) is 0 Å². The van der Waals surface area contributed by atoms with Crippen molar-refractivity contribution in [3.63, 3.8) is 0 Å². The molecule has 0 fully saturated rings. The van der Waals surface area contributed by atoms with Crippen molar-refractivity contribution in [2.45, 2.75) is 26.5 Å². The van der Waals surface area contributed by atoms with Crippen molar-refractivity contribution in [1.29, 1.82) is 0 Å². The van der Waals surface area contributed by atoms with Crippen LogP contribution >= 0.6 is 45.2 Å². The maximum atomic E-state index is 10.6. The molecule has 0 amide bonds. The van der Waals surface area contributed by atoms with Gasteiger partial charge in [-0.3, -0.25) is 0 Å². The molecule has 0 aliphatic rings. The van der Waals surface area contributed by atoms with Gasteiger partial charge in [-0.25, -0.2) is 0 Å². The first-order valence-electron chi connectivity index (χ1n) is 8.31. The predicted octanol–water partition coefficient (Wildman–Crippen LogP) is 4.71. The van der Waals surface area contributed by atoms with Crippen molar-refractivity contribution < 1.29 is 5.11 Å². The first kappa shape index (κ1) is 18.4. The Balaban J connectivity index is 2.05. The Hall–Kier alpha value is -0.380. The van der Waals surface area contributed by atoms with E-state index in [9.17, 15) is 5.11 Å². The summed E-state index contributed by atoms with van der Waals surface area (Å²) in [5.74, 6) is 0. The monoisotopic (exact) mass is 548 g/mol. The maximum absolute atomic E-state index is 10.6. The van der Waals surface area contributed by atoms with Crippen LogP contribution in [0.1, 0.15) is 13.8 Å². The zero-order chi connectivity index (χ0) is 17.3. The van der Waals surface area contributed by atoms with Crippen LogP contribution in [0, 0.1) is 7.14 Å². The van der Waals surface area contributed by atoms with E-state index in [1.807, 2.05) is 0 Å². The smallest absolute Gasteiger partial charge is 0.0845 e. The second-order valence-electron chi connectivity index (χ2n) is 6.07. The zero-order valence-electron chi connectivity index (χ0n) is 14.0. The molecule has 0 saturated carbocycles. The lowest BCUT2D eigenvalue weighted by Crippen LogP contribution is -2.34. The van der Waals surface area contributed by atoms with E-state index < -0.39 is 0 Å². The Bertz CT molecular complexity index is 796. The lowest BCUT2D eigenvalue weighted by molar-refractivity contribution is 0.105. The second-order valence-corrected chi connectivity index (χ2v) is 8.56. The average molecular weight is 548 g/mol. The number of halogens is 2. The Morgan fingerprint density at radius 3 is 1.92 bits per heavy atom. The normalized spacial score (nSPS) is 13.2. The summed E-state index contributed by atoms with van der Waals surface area (Å²) >= 11 is 4.73. The number of fused-ring (bicyclic) bond motifs is 3. The molecule has 128 valence electrons. The molecular formula is C19H22I2N2O. The number of rotatable bonds is 6. The van der Waals surface area contributed by atoms with Crippen molar-refractivity contribution in [1.82, 2.24) is 9.47 Å². The standard InChI is InChI=1S/C19H22I2N2O/c1-3-22(4-2)11-15(24)12-23-18-7-5-13(20)9-16(18)17-10-14(21)6-8-19(17)23/h5-10,15,24H,3-4,11-12H2,1-2H3. The molecule has 1 aromatic heterocycles. The molecule has 1 unspecified atom stereocenters. The van der Waals surface area contributed by atoms with Gasteiger partial charge in [0.15, 0.2) is 0 Å². The van der Waals surface area contributed by atoms with Crippen LogP contribution in [0.2, 0.25) is 0 Å². The van der Waals surface area contributed by atoms with Gasteiger partial charge in [0.1, 0.15) is 0 Å². The van der Waals surface area contributed by atoms with Crippen molar-refractivity contribution >= 4 is 67.0 Å². The van der Waals surface area contributed by atoms with E-state index in [0.29, 0.717) is 13.1 Å². The summed E-state index contributed by atoms with van der Waals surface area (Å²) in [7, 11) is 0. The number of aliphatic hydroxyl groups excluding tert-OH is 1. The summed E-state index contributed by atoms with van der Waals surface area (Å²) in [6.07, 6.45) is -0.373. The molecule has 24 heavy (non-hydrogen) atoms.